The van der Waals surface area contributed by atoms with Crippen molar-refractivity contribution in [2.75, 3.05) is 13.1 Å². The summed E-state index contributed by atoms with van der Waals surface area (Å²) in [4.78, 5) is 9.99. The first-order valence-corrected chi connectivity index (χ1v) is 14.3. The fourth-order valence-corrected chi connectivity index (χ4v) is 9.26. The van der Waals surface area contributed by atoms with Gasteiger partial charge in [0.15, 0.2) is 0 Å². The molecule has 34 heavy (non-hydrogen) atoms. The van der Waals surface area contributed by atoms with Gasteiger partial charge in [-0.1, -0.05) is 0 Å². The van der Waals surface area contributed by atoms with E-state index in [2.05, 4.69) is 134 Å². The normalized spacial score (nSPS) is 23.6. The van der Waals surface area contributed by atoms with Crippen molar-refractivity contribution in [3.63, 3.8) is 0 Å². The molecular formula is C29H32N4Pt-2. The molecule has 4 nitrogen and oxygen atoms in total. The monoisotopic (exact) mass is 631 g/mol. The molecule has 0 unspecified atom stereocenters. The van der Waals surface area contributed by atoms with Crippen molar-refractivity contribution in [2.45, 2.75) is 58.0 Å². The molecule has 0 N–H and O–H groups in total. The van der Waals surface area contributed by atoms with Crippen LogP contribution in [0.15, 0.2) is 61.2 Å². The summed E-state index contributed by atoms with van der Waals surface area (Å²) in [5.74, 6) is 0. The van der Waals surface area contributed by atoms with Crippen LogP contribution in [-0.2, 0) is 34.1 Å². The minimum atomic E-state index is -0.438. The zero-order valence-electron chi connectivity index (χ0n) is 20.8. The second-order valence-corrected chi connectivity index (χ2v) is 13.6. The molecule has 180 valence electrons. The number of fused-ring (bicyclic) bond motifs is 4. The van der Waals surface area contributed by atoms with Crippen LogP contribution < -0.4 is 0 Å². The molecule has 4 heterocycles. The van der Waals surface area contributed by atoms with Crippen LogP contribution in [-0.4, -0.2) is 41.0 Å². The number of hydrogen-bond acceptors (Lipinski definition) is 4. The number of hydrogen-bond donors (Lipinski definition) is 0. The van der Waals surface area contributed by atoms with E-state index >= 15 is 0 Å². The minimum absolute atomic E-state index is 0.204. The summed E-state index contributed by atoms with van der Waals surface area (Å²) in [5, 5.41) is 0. The number of rotatable bonds is 0. The van der Waals surface area contributed by atoms with Crippen molar-refractivity contribution in [1.29, 1.82) is 0 Å². The molecule has 6 rings (SSSR count). The van der Waals surface area contributed by atoms with Gasteiger partial charge >= 0.3 is 212 Å². The van der Waals surface area contributed by atoms with Gasteiger partial charge in [0.1, 0.15) is 0 Å². The molecule has 0 aliphatic carbocycles. The predicted molar refractivity (Wildman–Crippen MR) is 134 cm³/mol. The molecule has 0 saturated heterocycles. The molecule has 4 aliphatic rings. The Labute approximate surface area is 211 Å². The van der Waals surface area contributed by atoms with Crippen molar-refractivity contribution >= 4 is 8.29 Å². The fourth-order valence-electron chi connectivity index (χ4n) is 5.15. The van der Waals surface area contributed by atoms with Gasteiger partial charge in [0, 0.05) is 0 Å². The molecule has 2 aromatic carbocycles. The standard InChI is InChI=1S/C29H32N4.Pt/c1-27(2)23-9-7-11-25(19-23)28(3,4)32-17-15-30(21-32)13-14-31-16-18-33(22-31)29(5,6)26-12-8-10-24(27)20-26;/h7-12,15-18H,13-14H2,1-6H3;/q-2;. The van der Waals surface area contributed by atoms with Crippen LogP contribution in [0.3, 0.4) is 0 Å². The average molecular weight is 632 g/mol. The molecule has 0 fully saturated rings. The van der Waals surface area contributed by atoms with Crippen molar-refractivity contribution in [3.05, 3.63) is 95.6 Å². The first-order chi connectivity index (χ1) is 16.1. The summed E-state index contributed by atoms with van der Waals surface area (Å²) in [5.41, 5.74) is 4.25. The second kappa shape index (κ2) is 7.28. The number of benzene rings is 2. The fraction of sp³-hybridized carbons (Fsp3) is 0.379. The van der Waals surface area contributed by atoms with E-state index in [9.17, 15) is 0 Å². The Morgan fingerprint density at radius 2 is 1.03 bits per heavy atom. The predicted octanol–water partition coefficient (Wildman–Crippen LogP) is 4.55. The Hall–Kier alpha value is -2.45. The van der Waals surface area contributed by atoms with Gasteiger partial charge in [-0.2, -0.15) is 0 Å². The average Bonchev–Trinajstić information content (AvgIpc) is 3.38. The van der Waals surface area contributed by atoms with E-state index in [1.807, 2.05) is 0 Å². The van der Waals surface area contributed by atoms with E-state index < -0.39 is 17.6 Å². The first-order valence-electron chi connectivity index (χ1n) is 12.0. The van der Waals surface area contributed by atoms with Crippen molar-refractivity contribution in [1.82, 2.24) is 19.6 Å². The zero-order chi connectivity index (χ0) is 23.9. The molecule has 0 amide bonds. The topological polar surface area (TPSA) is 13.0 Å². The van der Waals surface area contributed by atoms with Crippen molar-refractivity contribution in [2.24, 2.45) is 0 Å². The summed E-state index contributed by atoms with van der Waals surface area (Å²) in [6.45, 7) is 15.9. The van der Waals surface area contributed by atoms with E-state index in [4.69, 9.17) is 0 Å². The van der Waals surface area contributed by atoms with Gasteiger partial charge in [-0.05, 0) is 0 Å². The van der Waals surface area contributed by atoms with Crippen LogP contribution in [0, 0.1) is 12.1 Å². The third-order valence-electron chi connectivity index (χ3n) is 7.78. The Morgan fingerprint density at radius 3 is 1.47 bits per heavy atom. The van der Waals surface area contributed by atoms with Crippen molar-refractivity contribution < 1.29 is 17.6 Å². The van der Waals surface area contributed by atoms with Crippen LogP contribution in [0.25, 0.3) is 0 Å². The van der Waals surface area contributed by atoms with Gasteiger partial charge in [-0.25, -0.2) is 0 Å². The third-order valence-corrected chi connectivity index (χ3v) is 11.2. The molecule has 6 bridgehead atoms. The summed E-state index contributed by atoms with van der Waals surface area (Å²) >= 11 is -0.438. The maximum atomic E-state index is 3.86. The summed E-state index contributed by atoms with van der Waals surface area (Å²) in [6, 6.07) is 21.0. The Bertz CT molecular complexity index is 1210. The maximum absolute atomic E-state index is 3.86. The van der Waals surface area contributed by atoms with E-state index in [0.717, 1.165) is 13.1 Å². The molecule has 0 spiro atoms. The Balaban J connectivity index is 1.67. The summed E-state index contributed by atoms with van der Waals surface area (Å²) in [7, 11) is 0. The van der Waals surface area contributed by atoms with Crippen LogP contribution in [0.2, 0.25) is 0 Å². The number of nitrogens with zero attached hydrogens (tertiary/aromatic N) is 4. The SMILES string of the molecule is CC1(C)c2[c-]c(ccc2)C(C)(C)N2C=CN3CCN4C=CN([C]4=[Pt]=[C]32)C(C)(C)c2[c-]c1ccc2. The first kappa shape index (κ1) is 22.0. The van der Waals surface area contributed by atoms with Crippen LogP contribution in [0.4, 0.5) is 0 Å². The zero-order valence-corrected chi connectivity index (χ0v) is 23.1. The molecule has 4 aliphatic heterocycles. The second-order valence-electron chi connectivity index (χ2n) is 11.0. The molecule has 5 heteroatoms. The van der Waals surface area contributed by atoms with Crippen LogP contribution >= 0.6 is 0 Å². The van der Waals surface area contributed by atoms with E-state index in [0.29, 0.717) is 0 Å². The van der Waals surface area contributed by atoms with Gasteiger partial charge in [0.25, 0.3) is 0 Å². The van der Waals surface area contributed by atoms with Gasteiger partial charge in [0.05, 0.1) is 0 Å². The third kappa shape index (κ3) is 3.07. The van der Waals surface area contributed by atoms with Gasteiger partial charge in [0.2, 0.25) is 0 Å². The molecule has 0 radical (unpaired) electrons. The summed E-state index contributed by atoms with van der Waals surface area (Å²) < 4.78 is 2.89. The molecule has 0 saturated carbocycles. The van der Waals surface area contributed by atoms with Crippen LogP contribution in [0.5, 0.6) is 0 Å². The van der Waals surface area contributed by atoms with Gasteiger partial charge in [-0.3, -0.25) is 0 Å². The molecular weight excluding hydrogens is 599 g/mol. The van der Waals surface area contributed by atoms with Gasteiger partial charge < -0.3 is 0 Å². The van der Waals surface area contributed by atoms with Gasteiger partial charge in [-0.15, -0.1) is 0 Å². The van der Waals surface area contributed by atoms with Crippen LogP contribution in [0.1, 0.15) is 63.8 Å². The van der Waals surface area contributed by atoms with E-state index in [1.54, 1.807) is 0 Å². The summed E-state index contributed by atoms with van der Waals surface area (Å²) in [6.07, 6.45) is 9.14. The van der Waals surface area contributed by atoms with E-state index in [1.165, 1.54) is 30.5 Å². The Kier molecular flexibility index (Phi) is 4.72. The quantitative estimate of drug-likeness (QED) is 0.396. The molecule has 2 aromatic rings. The van der Waals surface area contributed by atoms with Crippen molar-refractivity contribution in [3.8, 4) is 0 Å². The molecule has 0 atom stereocenters. The van der Waals surface area contributed by atoms with E-state index in [-0.39, 0.29) is 16.5 Å². The molecule has 0 aromatic heterocycles. The Morgan fingerprint density at radius 1 is 0.618 bits per heavy atom.